The van der Waals surface area contributed by atoms with E-state index < -0.39 is 9.24 Å². The van der Waals surface area contributed by atoms with Crippen molar-refractivity contribution >= 4 is 25.6 Å². The van der Waals surface area contributed by atoms with Gasteiger partial charge in [-0.05, 0) is 23.6 Å². The summed E-state index contributed by atoms with van der Waals surface area (Å²) in [6.45, 7) is 4.14. The summed E-state index contributed by atoms with van der Waals surface area (Å²) in [4.78, 5) is 0. The first kappa shape index (κ1) is 11.3. The third kappa shape index (κ3) is 3.55. The van der Waals surface area contributed by atoms with Crippen LogP contribution >= 0.6 is 10.7 Å². The van der Waals surface area contributed by atoms with Crippen LogP contribution in [0.5, 0.6) is 0 Å². The number of benzene rings is 1. The van der Waals surface area contributed by atoms with E-state index in [0.29, 0.717) is 11.6 Å². The summed E-state index contributed by atoms with van der Waals surface area (Å²) < 4.78 is 23.5. The van der Waals surface area contributed by atoms with Crippen LogP contribution in [-0.4, -0.2) is 8.42 Å². The molecule has 0 atom stereocenters. The molecular formula is C9H12ClNO2S. The minimum atomic E-state index is -3.69. The molecule has 0 amide bonds. The minimum Gasteiger partial charge on any atom is -0.271 e. The Morgan fingerprint density at radius 1 is 1.21 bits per heavy atom. The zero-order valence-corrected chi connectivity index (χ0v) is 9.56. The third-order valence-electron chi connectivity index (χ3n) is 1.82. The van der Waals surface area contributed by atoms with Gasteiger partial charge in [-0.25, -0.2) is 0 Å². The number of halogens is 1. The van der Waals surface area contributed by atoms with Crippen molar-refractivity contribution in [1.82, 2.24) is 0 Å². The minimum absolute atomic E-state index is 0.427. The van der Waals surface area contributed by atoms with Gasteiger partial charge in [0.15, 0.2) is 0 Å². The van der Waals surface area contributed by atoms with Crippen LogP contribution in [0.15, 0.2) is 24.3 Å². The first-order valence-corrected chi connectivity index (χ1v) is 6.52. The van der Waals surface area contributed by atoms with Gasteiger partial charge in [-0.3, -0.25) is 4.72 Å². The smallest absolute Gasteiger partial charge is 0.271 e. The Kier molecular flexibility index (Phi) is 3.39. The van der Waals surface area contributed by atoms with Crippen LogP contribution in [0.25, 0.3) is 0 Å². The maximum atomic E-state index is 10.7. The van der Waals surface area contributed by atoms with E-state index >= 15 is 0 Å². The van der Waals surface area contributed by atoms with Gasteiger partial charge >= 0.3 is 9.24 Å². The van der Waals surface area contributed by atoms with Crippen molar-refractivity contribution in [2.45, 2.75) is 19.8 Å². The highest BCUT2D eigenvalue weighted by atomic mass is 35.7. The molecular weight excluding hydrogens is 222 g/mol. The van der Waals surface area contributed by atoms with Gasteiger partial charge in [-0.15, -0.1) is 0 Å². The molecule has 1 rings (SSSR count). The van der Waals surface area contributed by atoms with Crippen LogP contribution in [0.3, 0.4) is 0 Å². The maximum Gasteiger partial charge on any atom is 0.319 e. The van der Waals surface area contributed by atoms with E-state index in [9.17, 15) is 8.42 Å². The molecule has 0 bridgehead atoms. The summed E-state index contributed by atoms with van der Waals surface area (Å²) in [5.41, 5.74) is 1.63. The molecule has 0 saturated heterocycles. The van der Waals surface area contributed by atoms with E-state index in [1.807, 2.05) is 12.1 Å². The maximum absolute atomic E-state index is 10.7. The Morgan fingerprint density at radius 2 is 1.71 bits per heavy atom. The van der Waals surface area contributed by atoms with Crippen molar-refractivity contribution in [2.75, 3.05) is 4.72 Å². The standard InChI is InChI=1S/C9H12ClNO2S/c1-7(2)8-3-5-9(6-4-8)11-14(10,12)13/h3-7,11H,1-2H3. The van der Waals surface area contributed by atoms with Crippen molar-refractivity contribution in [2.24, 2.45) is 0 Å². The van der Waals surface area contributed by atoms with Crippen LogP contribution in [0.4, 0.5) is 5.69 Å². The predicted molar refractivity (Wildman–Crippen MR) is 58.9 cm³/mol. The van der Waals surface area contributed by atoms with Gasteiger partial charge in [-0.1, -0.05) is 26.0 Å². The lowest BCUT2D eigenvalue weighted by Crippen LogP contribution is -2.04. The van der Waals surface area contributed by atoms with Crippen LogP contribution in [0.2, 0.25) is 0 Å². The highest BCUT2D eigenvalue weighted by molar-refractivity contribution is 8.14. The third-order valence-corrected chi connectivity index (χ3v) is 2.53. The normalized spacial score (nSPS) is 11.7. The summed E-state index contributed by atoms with van der Waals surface area (Å²) in [6, 6.07) is 7.12. The van der Waals surface area contributed by atoms with E-state index in [-0.39, 0.29) is 0 Å². The lowest BCUT2D eigenvalue weighted by molar-refractivity contribution is 0.614. The lowest BCUT2D eigenvalue weighted by atomic mass is 10.0. The molecule has 0 unspecified atom stereocenters. The molecule has 0 aliphatic rings. The zero-order chi connectivity index (χ0) is 10.8. The molecule has 1 aromatic carbocycles. The Morgan fingerprint density at radius 3 is 2.07 bits per heavy atom. The Labute approximate surface area is 88.6 Å². The van der Waals surface area contributed by atoms with Crippen molar-refractivity contribution in [3.63, 3.8) is 0 Å². The lowest BCUT2D eigenvalue weighted by Gasteiger charge is -2.06. The van der Waals surface area contributed by atoms with Gasteiger partial charge in [0.25, 0.3) is 0 Å². The summed E-state index contributed by atoms with van der Waals surface area (Å²) in [6.07, 6.45) is 0. The number of nitrogens with one attached hydrogen (secondary N) is 1. The van der Waals surface area contributed by atoms with Gasteiger partial charge in [0.2, 0.25) is 0 Å². The van der Waals surface area contributed by atoms with Gasteiger partial charge in [-0.2, -0.15) is 8.42 Å². The van der Waals surface area contributed by atoms with Crippen molar-refractivity contribution in [3.05, 3.63) is 29.8 Å². The van der Waals surface area contributed by atoms with Crippen LogP contribution in [-0.2, 0) is 9.24 Å². The number of hydrogen-bond acceptors (Lipinski definition) is 2. The number of anilines is 1. The molecule has 78 valence electrons. The summed E-state index contributed by atoms with van der Waals surface area (Å²) in [7, 11) is 1.34. The first-order chi connectivity index (χ1) is 6.38. The highest BCUT2D eigenvalue weighted by Gasteiger charge is 2.04. The molecule has 3 nitrogen and oxygen atoms in total. The SMILES string of the molecule is CC(C)c1ccc(NS(=O)(=O)Cl)cc1. The van der Waals surface area contributed by atoms with Crippen LogP contribution < -0.4 is 4.72 Å². The zero-order valence-electron chi connectivity index (χ0n) is 7.99. The fraction of sp³-hybridized carbons (Fsp3) is 0.333. The fourth-order valence-electron chi connectivity index (χ4n) is 1.08. The van der Waals surface area contributed by atoms with E-state index in [0.717, 1.165) is 5.56 Å². The monoisotopic (exact) mass is 233 g/mol. The van der Waals surface area contributed by atoms with Crippen molar-refractivity contribution in [3.8, 4) is 0 Å². The molecule has 0 saturated carbocycles. The second-order valence-electron chi connectivity index (χ2n) is 3.32. The van der Waals surface area contributed by atoms with Gasteiger partial charge in [0.05, 0.1) is 0 Å². The number of hydrogen-bond donors (Lipinski definition) is 1. The average Bonchev–Trinajstić information content (AvgIpc) is 2.02. The molecule has 14 heavy (non-hydrogen) atoms. The molecule has 5 heteroatoms. The second kappa shape index (κ2) is 4.19. The molecule has 0 spiro atoms. The fourth-order valence-corrected chi connectivity index (χ4v) is 1.76. The molecule has 0 aliphatic carbocycles. The first-order valence-electron chi connectivity index (χ1n) is 4.21. The van der Waals surface area contributed by atoms with Crippen molar-refractivity contribution in [1.29, 1.82) is 0 Å². The predicted octanol–water partition coefficient (Wildman–Crippen LogP) is 2.71. The average molecular weight is 234 g/mol. The topological polar surface area (TPSA) is 46.2 Å². The molecule has 0 aromatic heterocycles. The molecule has 0 heterocycles. The van der Waals surface area contributed by atoms with E-state index in [2.05, 4.69) is 18.6 Å². The van der Waals surface area contributed by atoms with E-state index in [1.54, 1.807) is 12.1 Å². The largest absolute Gasteiger partial charge is 0.319 e. The van der Waals surface area contributed by atoms with Crippen LogP contribution in [0.1, 0.15) is 25.3 Å². The van der Waals surface area contributed by atoms with E-state index in [4.69, 9.17) is 10.7 Å². The van der Waals surface area contributed by atoms with E-state index in [1.165, 1.54) is 0 Å². The Bertz CT molecular complexity index is 397. The molecule has 1 N–H and O–H groups in total. The second-order valence-corrected chi connectivity index (χ2v) is 5.62. The van der Waals surface area contributed by atoms with Gasteiger partial charge in [0.1, 0.15) is 0 Å². The Balaban J connectivity index is 2.84. The molecule has 0 aliphatic heterocycles. The summed E-state index contributed by atoms with van der Waals surface area (Å²) in [5, 5.41) is 0. The quantitative estimate of drug-likeness (QED) is 0.816. The van der Waals surface area contributed by atoms with Gasteiger partial charge < -0.3 is 0 Å². The Hall–Kier alpha value is -0.740. The highest BCUT2D eigenvalue weighted by Crippen LogP contribution is 2.18. The van der Waals surface area contributed by atoms with Gasteiger partial charge in [0, 0.05) is 16.4 Å². The summed E-state index contributed by atoms with van der Waals surface area (Å²) >= 11 is 0. The van der Waals surface area contributed by atoms with Crippen LogP contribution in [0, 0.1) is 0 Å². The molecule has 0 fully saturated rings. The van der Waals surface area contributed by atoms with Crippen molar-refractivity contribution < 1.29 is 8.42 Å². The summed E-state index contributed by atoms with van der Waals surface area (Å²) in [5.74, 6) is 0.427. The molecule has 1 aromatic rings. The molecule has 0 radical (unpaired) electrons. The number of rotatable bonds is 3.